The summed E-state index contributed by atoms with van der Waals surface area (Å²) in [7, 11) is -2.83. The molecule has 2 aromatic heterocycles. The van der Waals surface area contributed by atoms with Crippen molar-refractivity contribution in [1.82, 2.24) is 19.1 Å². The van der Waals surface area contributed by atoms with E-state index in [0.29, 0.717) is 0 Å². The van der Waals surface area contributed by atoms with Crippen LogP contribution in [-0.2, 0) is 37.4 Å². The Labute approximate surface area is 240 Å². The van der Waals surface area contributed by atoms with Crippen molar-refractivity contribution in [2.75, 3.05) is 6.61 Å². The van der Waals surface area contributed by atoms with E-state index in [1.807, 2.05) is 0 Å². The quantitative estimate of drug-likeness (QED) is 0.265. The van der Waals surface area contributed by atoms with Gasteiger partial charge in [-0.1, -0.05) is 0 Å². The van der Waals surface area contributed by atoms with Gasteiger partial charge in [0.2, 0.25) is 0 Å². The fourth-order valence-corrected chi connectivity index (χ4v) is 5.28. The Kier molecular flexibility index (Phi) is 9.38. The SMILES string of the molecule is [2H]C[C@H]1O[C@@H](n2cc(C)c(=O)[nH]c2=O)CC1O[P+](=O)OC[C@H]1O[C@@H](n2cc(C)c(=O)[nH]c2=O)CC1OC(=O)CCC(C)=O. The zero-order valence-corrected chi connectivity index (χ0v) is 24.0. The first-order chi connectivity index (χ1) is 20.4. The standard InChI is InChI=1S/C25H31N4O12P/c1-12-9-28(24(34)26-22(12)32)19-7-16(15(4)38-19)41-42(36)37-11-18-17(40-21(31)6-5-14(3)30)8-20(39-18)29-10-13(2)23(33)27-25(29)35/h9-10,15-20H,5-8,11H2,1-4H3,(H-,26,27,32,33,34,35)/p+1/t15-,16?,17?,18-,19-,20-/m1/s1/i4D. The van der Waals surface area contributed by atoms with Gasteiger partial charge in [0.1, 0.15) is 43.2 Å². The number of nitrogens with zero attached hydrogens (tertiary/aromatic N) is 2. The molecule has 0 radical (unpaired) electrons. The number of carbonyl (C=O) groups excluding carboxylic acids is 2. The summed E-state index contributed by atoms with van der Waals surface area (Å²) in [5.74, 6) is -0.883. The van der Waals surface area contributed by atoms with Crippen LogP contribution in [0.2, 0.25) is 0 Å². The second kappa shape index (κ2) is 13.2. The number of hydrogen-bond donors (Lipinski definition) is 2. The summed E-state index contributed by atoms with van der Waals surface area (Å²) in [6.07, 6.45) is -3.10. The van der Waals surface area contributed by atoms with Gasteiger partial charge in [-0.05, 0) is 27.7 Å². The first-order valence-corrected chi connectivity index (χ1v) is 14.2. The van der Waals surface area contributed by atoms with Crippen molar-refractivity contribution >= 4 is 20.0 Å². The molecule has 3 unspecified atom stereocenters. The second-order valence-corrected chi connectivity index (χ2v) is 11.0. The van der Waals surface area contributed by atoms with Gasteiger partial charge in [-0.3, -0.25) is 33.5 Å². The molecule has 0 aliphatic carbocycles. The van der Waals surface area contributed by atoms with E-state index < -0.39 is 80.2 Å². The van der Waals surface area contributed by atoms with Crippen molar-refractivity contribution in [3.8, 4) is 0 Å². The molecule has 0 aromatic carbocycles. The molecule has 2 fully saturated rings. The van der Waals surface area contributed by atoms with E-state index in [-0.39, 0.29) is 49.5 Å². The van der Waals surface area contributed by atoms with E-state index in [0.717, 1.165) is 9.13 Å². The Bertz CT molecular complexity index is 1620. The first-order valence-electron chi connectivity index (χ1n) is 13.8. The van der Waals surface area contributed by atoms with Crippen molar-refractivity contribution in [3.05, 3.63) is 65.2 Å². The highest BCUT2D eigenvalue weighted by Gasteiger charge is 2.44. The van der Waals surface area contributed by atoms with E-state index >= 15 is 0 Å². The fraction of sp³-hybridized carbons (Fsp3) is 0.600. The van der Waals surface area contributed by atoms with Crippen molar-refractivity contribution in [1.29, 1.82) is 0 Å². The molecule has 7 atom stereocenters. The zero-order chi connectivity index (χ0) is 31.4. The summed E-state index contributed by atoms with van der Waals surface area (Å²) in [4.78, 5) is 76.2. The topological polar surface area (TPSA) is 207 Å². The number of Topliss-reactive ketones (excluding diaryl/α,β-unsaturated/α-hetero) is 1. The molecular formula is C25H32N4O12P+. The van der Waals surface area contributed by atoms with Gasteiger partial charge >= 0.3 is 25.6 Å². The Morgan fingerprint density at radius 1 is 0.976 bits per heavy atom. The average Bonchev–Trinajstić information content (AvgIpc) is 3.53. The number of H-pyrrole nitrogens is 2. The number of rotatable bonds is 11. The molecule has 17 heteroatoms. The number of hydrogen-bond acceptors (Lipinski definition) is 12. The lowest BCUT2D eigenvalue weighted by Gasteiger charge is -2.16. The molecule has 2 aliphatic heterocycles. The summed E-state index contributed by atoms with van der Waals surface area (Å²) < 4.78 is 50.9. The van der Waals surface area contributed by atoms with Crippen LogP contribution in [0.25, 0.3) is 0 Å². The van der Waals surface area contributed by atoms with Gasteiger partial charge in [0.15, 0.2) is 0 Å². The lowest BCUT2D eigenvalue weighted by atomic mass is 10.1. The first kappa shape index (κ1) is 29.9. The van der Waals surface area contributed by atoms with E-state index in [4.69, 9.17) is 24.6 Å². The monoisotopic (exact) mass is 612 g/mol. The van der Waals surface area contributed by atoms with Gasteiger partial charge in [-0.25, -0.2) is 9.59 Å². The van der Waals surface area contributed by atoms with Gasteiger partial charge in [0, 0.05) is 48.7 Å². The molecule has 2 N–H and O–H groups in total. The number of ketones is 1. The van der Waals surface area contributed by atoms with Gasteiger partial charge < -0.3 is 19.0 Å². The van der Waals surface area contributed by atoms with Crippen molar-refractivity contribution in [2.24, 2.45) is 0 Å². The number of aromatic nitrogens is 4. The number of aryl methyl sites for hydroxylation is 2. The second-order valence-electron chi connectivity index (χ2n) is 10.1. The fourth-order valence-electron chi connectivity index (χ4n) is 4.51. The third kappa shape index (κ3) is 7.44. The highest BCUT2D eigenvalue weighted by atomic mass is 31.1. The molecule has 2 saturated heterocycles. The average molecular weight is 613 g/mol. The maximum atomic E-state index is 12.8. The van der Waals surface area contributed by atoms with Crippen molar-refractivity contribution in [3.63, 3.8) is 0 Å². The van der Waals surface area contributed by atoms with E-state index in [2.05, 4.69) is 9.97 Å². The van der Waals surface area contributed by atoms with Crippen LogP contribution < -0.4 is 22.5 Å². The molecule has 2 aliphatic rings. The summed E-state index contributed by atoms with van der Waals surface area (Å²) >= 11 is 0. The predicted octanol–water partition coefficient (Wildman–Crippen LogP) is 0.639. The summed E-state index contributed by atoms with van der Waals surface area (Å²) in [5.41, 5.74) is -2.04. The molecule has 42 heavy (non-hydrogen) atoms. The lowest BCUT2D eigenvalue weighted by molar-refractivity contribution is -0.153. The van der Waals surface area contributed by atoms with Crippen LogP contribution >= 0.6 is 8.25 Å². The molecule has 0 amide bonds. The smallest absolute Gasteiger partial charge is 0.459 e. The van der Waals surface area contributed by atoms with Crippen LogP contribution in [0, 0.1) is 13.8 Å². The number of esters is 1. The Morgan fingerprint density at radius 2 is 1.55 bits per heavy atom. The van der Waals surface area contributed by atoms with Crippen LogP contribution in [-0.4, -0.2) is 61.9 Å². The molecule has 0 bridgehead atoms. The minimum Gasteiger partial charge on any atom is -0.459 e. The third-order valence-corrected chi connectivity index (χ3v) is 7.61. The Hall–Kier alpha value is -3.56. The van der Waals surface area contributed by atoms with E-state index in [1.165, 1.54) is 33.2 Å². The summed E-state index contributed by atoms with van der Waals surface area (Å²) in [5, 5.41) is 0. The van der Waals surface area contributed by atoms with Gasteiger partial charge in [-0.2, -0.15) is 0 Å². The van der Waals surface area contributed by atoms with Crippen LogP contribution in [0.15, 0.2) is 31.6 Å². The Balaban J connectivity index is 1.42. The van der Waals surface area contributed by atoms with Crippen LogP contribution in [0.1, 0.15) is 64.5 Å². The van der Waals surface area contributed by atoms with Crippen LogP contribution in [0.3, 0.4) is 0 Å². The minimum atomic E-state index is -2.83. The molecular weight excluding hydrogens is 579 g/mol. The zero-order valence-electron chi connectivity index (χ0n) is 24.1. The summed E-state index contributed by atoms with van der Waals surface area (Å²) in [6.45, 7) is 3.68. The molecule has 16 nitrogen and oxygen atoms in total. The molecule has 0 saturated carbocycles. The number of ether oxygens (including phenoxy) is 3. The Morgan fingerprint density at radius 3 is 2.12 bits per heavy atom. The molecule has 0 spiro atoms. The minimum absolute atomic E-state index is 0.00470. The van der Waals surface area contributed by atoms with Crippen LogP contribution in [0.5, 0.6) is 0 Å². The molecule has 2 aromatic rings. The van der Waals surface area contributed by atoms with Crippen molar-refractivity contribution in [2.45, 2.75) is 90.2 Å². The predicted molar refractivity (Wildman–Crippen MR) is 143 cm³/mol. The van der Waals surface area contributed by atoms with Gasteiger partial charge in [0.05, 0.1) is 12.5 Å². The third-order valence-electron chi connectivity index (χ3n) is 6.80. The molecule has 228 valence electrons. The molecule has 4 rings (SSSR count). The largest absolute Gasteiger partial charge is 0.697 e. The van der Waals surface area contributed by atoms with Crippen molar-refractivity contribution < 1.29 is 38.8 Å². The van der Waals surface area contributed by atoms with Gasteiger partial charge in [0.25, 0.3) is 11.1 Å². The maximum absolute atomic E-state index is 12.8. The maximum Gasteiger partial charge on any atom is 0.697 e. The number of aromatic amines is 2. The number of nitrogens with one attached hydrogen (secondary N) is 2. The lowest BCUT2D eigenvalue weighted by Crippen LogP contribution is -2.33. The van der Waals surface area contributed by atoms with Crippen LogP contribution in [0.4, 0.5) is 0 Å². The number of carbonyl (C=O) groups is 2. The van der Waals surface area contributed by atoms with E-state index in [9.17, 15) is 33.3 Å². The highest BCUT2D eigenvalue weighted by molar-refractivity contribution is 7.33. The normalized spacial score (nSPS) is 26.2. The highest BCUT2D eigenvalue weighted by Crippen LogP contribution is 2.38. The molecule has 4 heterocycles. The summed E-state index contributed by atoms with van der Waals surface area (Å²) in [6, 6.07) is 0. The van der Waals surface area contributed by atoms with Gasteiger partial charge in [-0.15, -0.1) is 9.05 Å². The van der Waals surface area contributed by atoms with E-state index in [1.54, 1.807) is 0 Å².